The molecule has 0 saturated carbocycles. The molecule has 0 aliphatic heterocycles. The summed E-state index contributed by atoms with van der Waals surface area (Å²) >= 11 is 0. The number of methoxy groups -OCH3 is 1. The molecule has 0 atom stereocenters. The maximum Gasteiger partial charge on any atom is 0.246 e. The minimum absolute atomic E-state index is 0.0622. The number of hydrogen-bond acceptors (Lipinski definition) is 4. The lowest BCUT2D eigenvalue weighted by Crippen LogP contribution is -2.20. The zero-order valence-electron chi connectivity index (χ0n) is 16.6. The number of benzene rings is 2. The number of aromatic nitrogens is 3. The van der Waals surface area contributed by atoms with Crippen LogP contribution in [0.2, 0.25) is 0 Å². The quantitative estimate of drug-likeness (QED) is 0.553. The molecule has 4 rings (SSSR count). The van der Waals surface area contributed by atoms with Gasteiger partial charge in [-0.3, -0.25) is 4.79 Å². The van der Waals surface area contributed by atoms with Gasteiger partial charge in [-0.05, 0) is 43.2 Å². The summed E-state index contributed by atoms with van der Waals surface area (Å²) in [7, 11) is 1.58. The van der Waals surface area contributed by atoms with Gasteiger partial charge in [-0.15, -0.1) is 0 Å². The predicted molar refractivity (Wildman–Crippen MR) is 114 cm³/mol. The summed E-state index contributed by atoms with van der Waals surface area (Å²) in [6.07, 6.45) is 1.76. The van der Waals surface area contributed by atoms with Crippen LogP contribution in [0.25, 0.3) is 22.2 Å². The van der Waals surface area contributed by atoms with Gasteiger partial charge >= 0.3 is 0 Å². The van der Waals surface area contributed by atoms with Crippen LogP contribution in [0, 0.1) is 13.8 Å². The van der Waals surface area contributed by atoms with E-state index < -0.39 is 0 Å². The molecular formula is C23H22N4O2. The highest BCUT2D eigenvalue weighted by Crippen LogP contribution is 2.30. The lowest BCUT2D eigenvalue weighted by atomic mass is 10.0. The van der Waals surface area contributed by atoms with Gasteiger partial charge in [0.05, 0.1) is 18.5 Å². The average molecular weight is 386 g/mol. The van der Waals surface area contributed by atoms with E-state index in [-0.39, 0.29) is 12.5 Å². The fourth-order valence-corrected chi connectivity index (χ4v) is 3.52. The Bertz CT molecular complexity index is 1200. The lowest BCUT2D eigenvalue weighted by Gasteiger charge is -2.10. The molecule has 1 amide bonds. The third-order valence-corrected chi connectivity index (χ3v) is 4.81. The Labute approximate surface area is 169 Å². The van der Waals surface area contributed by atoms with Crippen molar-refractivity contribution < 1.29 is 9.53 Å². The van der Waals surface area contributed by atoms with Crippen molar-refractivity contribution in [2.45, 2.75) is 20.4 Å². The molecule has 0 unspecified atom stereocenters. The van der Waals surface area contributed by atoms with E-state index in [9.17, 15) is 4.79 Å². The van der Waals surface area contributed by atoms with Gasteiger partial charge in [0.1, 0.15) is 12.3 Å². The molecule has 146 valence electrons. The molecule has 0 radical (unpaired) electrons. The molecule has 0 bridgehead atoms. The van der Waals surface area contributed by atoms with Gasteiger partial charge in [0.15, 0.2) is 5.65 Å². The van der Waals surface area contributed by atoms with Crippen molar-refractivity contribution in [1.82, 2.24) is 14.8 Å². The van der Waals surface area contributed by atoms with Crippen molar-refractivity contribution in [2.75, 3.05) is 12.4 Å². The first-order valence-electron chi connectivity index (χ1n) is 9.39. The number of nitrogens with one attached hydrogen (secondary N) is 1. The summed E-state index contributed by atoms with van der Waals surface area (Å²) in [6.45, 7) is 4.07. The van der Waals surface area contributed by atoms with Gasteiger partial charge in [-0.1, -0.05) is 42.0 Å². The Morgan fingerprint density at radius 3 is 2.72 bits per heavy atom. The molecule has 0 fully saturated rings. The molecule has 0 aliphatic rings. The zero-order chi connectivity index (χ0) is 20.4. The summed E-state index contributed by atoms with van der Waals surface area (Å²) in [6, 6.07) is 17.6. The van der Waals surface area contributed by atoms with Crippen LogP contribution in [0.4, 0.5) is 5.69 Å². The molecule has 0 aliphatic carbocycles. The van der Waals surface area contributed by atoms with E-state index in [4.69, 9.17) is 4.74 Å². The number of carbonyl (C=O) groups excluding carboxylic acids is 1. The summed E-state index contributed by atoms with van der Waals surface area (Å²) in [5.74, 6) is 0.420. The van der Waals surface area contributed by atoms with Crippen molar-refractivity contribution in [3.63, 3.8) is 0 Å². The van der Waals surface area contributed by atoms with Gasteiger partial charge in [-0.2, -0.15) is 5.10 Å². The SMILES string of the molecule is COc1ccccc1NC(=O)Cn1nc(C)c2c(-c3cccc(C)c3)ccnc21. The topological polar surface area (TPSA) is 69.0 Å². The summed E-state index contributed by atoms with van der Waals surface area (Å²) < 4.78 is 6.94. The molecule has 6 heteroatoms. The molecular weight excluding hydrogens is 364 g/mol. The van der Waals surface area contributed by atoms with Crippen molar-refractivity contribution >= 4 is 22.6 Å². The van der Waals surface area contributed by atoms with Crippen LogP contribution in [0.1, 0.15) is 11.3 Å². The Balaban J connectivity index is 1.67. The highest BCUT2D eigenvalue weighted by Gasteiger charge is 2.16. The number of carbonyl (C=O) groups is 1. The highest BCUT2D eigenvalue weighted by atomic mass is 16.5. The van der Waals surface area contributed by atoms with Crippen molar-refractivity contribution in [1.29, 1.82) is 0 Å². The zero-order valence-corrected chi connectivity index (χ0v) is 16.6. The van der Waals surface area contributed by atoms with Crippen molar-refractivity contribution in [3.05, 3.63) is 72.1 Å². The second-order valence-electron chi connectivity index (χ2n) is 6.92. The third kappa shape index (κ3) is 3.69. The van der Waals surface area contributed by atoms with E-state index in [0.29, 0.717) is 17.1 Å². The highest BCUT2D eigenvalue weighted by molar-refractivity contribution is 5.96. The number of nitrogens with zero attached hydrogens (tertiary/aromatic N) is 3. The van der Waals surface area contributed by atoms with E-state index in [1.54, 1.807) is 30.1 Å². The van der Waals surface area contributed by atoms with Crippen LogP contribution < -0.4 is 10.1 Å². The number of amides is 1. The van der Waals surface area contributed by atoms with Gasteiger partial charge < -0.3 is 10.1 Å². The summed E-state index contributed by atoms with van der Waals surface area (Å²) in [5.41, 5.74) is 5.52. The fraction of sp³-hybridized carbons (Fsp3) is 0.174. The third-order valence-electron chi connectivity index (χ3n) is 4.81. The number of aryl methyl sites for hydroxylation is 2. The monoisotopic (exact) mass is 386 g/mol. The maximum atomic E-state index is 12.6. The molecule has 1 N–H and O–H groups in total. The van der Waals surface area contributed by atoms with Gasteiger partial charge in [0, 0.05) is 11.6 Å². The average Bonchev–Trinajstić information content (AvgIpc) is 3.04. The van der Waals surface area contributed by atoms with Crippen LogP contribution in [0.5, 0.6) is 5.75 Å². The normalized spacial score (nSPS) is 10.9. The first-order chi connectivity index (χ1) is 14.1. The van der Waals surface area contributed by atoms with E-state index >= 15 is 0 Å². The smallest absolute Gasteiger partial charge is 0.246 e. The fourth-order valence-electron chi connectivity index (χ4n) is 3.52. The Morgan fingerprint density at radius 1 is 1.10 bits per heavy atom. The van der Waals surface area contributed by atoms with Crippen LogP contribution in [0.15, 0.2) is 60.8 Å². The van der Waals surface area contributed by atoms with Crippen molar-refractivity contribution in [2.24, 2.45) is 0 Å². The van der Waals surface area contributed by atoms with Gasteiger partial charge in [0.25, 0.3) is 0 Å². The van der Waals surface area contributed by atoms with Crippen LogP contribution >= 0.6 is 0 Å². The van der Waals surface area contributed by atoms with Crippen molar-refractivity contribution in [3.8, 4) is 16.9 Å². The van der Waals surface area contributed by atoms with Gasteiger partial charge in [0.2, 0.25) is 5.91 Å². The van der Waals surface area contributed by atoms with E-state index in [2.05, 4.69) is 40.5 Å². The second kappa shape index (κ2) is 7.75. The lowest BCUT2D eigenvalue weighted by molar-refractivity contribution is -0.116. The number of para-hydroxylation sites is 2. The summed E-state index contributed by atoms with van der Waals surface area (Å²) in [4.78, 5) is 17.1. The van der Waals surface area contributed by atoms with Crippen LogP contribution in [-0.2, 0) is 11.3 Å². The Morgan fingerprint density at radius 2 is 1.93 bits per heavy atom. The van der Waals surface area contributed by atoms with E-state index in [1.165, 1.54) is 5.56 Å². The second-order valence-corrected chi connectivity index (χ2v) is 6.92. The molecule has 29 heavy (non-hydrogen) atoms. The Kier molecular flexibility index (Phi) is 4.99. The molecule has 2 aromatic carbocycles. The largest absolute Gasteiger partial charge is 0.495 e. The number of hydrogen-bond donors (Lipinski definition) is 1. The number of fused-ring (bicyclic) bond motifs is 1. The van der Waals surface area contributed by atoms with Crippen LogP contribution in [0.3, 0.4) is 0 Å². The van der Waals surface area contributed by atoms with Crippen LogP contribution in [-0.4, -0.2) is 27.8 Å². The molecule has 4 aromatic rings. The molecule has 0 saturated heterocycles. The first kappa shape index (κ1) is 18.7. The van der Waals surface area contributed by atoms with E-state index in [1.807, 2.05) is 31.2 Å². The number of ether oxygens (including phenoxy) is 1. The maximum absolute atomic E-state index is 12.6. The molecule has 0 spiro atoms. The molecule has 2 heterocycles. The molecule has 2 aromatic heterocycles. The Hall–Kier alpha value is -3.67. The van der Waals surface area contributed by atoms with Gasteiger partial charge in [-0.25, -0.2) is 9.67 Å². The molecule has 6 nitrogen and oxygen atoms in total. The standard InChI is InChI=1S/C23H22N4O2/c1-15-7-6-8-17(13-15)18-11-12-24-23-22(18)16(2)26-27(23)14-21(28)25-19-9-4-5-10-20(19)29-3/h4-13H,14H2,1-3H3,(H,25,28). The predicted octanol–water partition coefficient (Wildman–Crippen LogP) is 4.36. The summed E-state index contributed by atoms with van der Waals surface area (Å²) in [5, 5.41) is 8.43. The van der Waals surface area contributed by atoms with E-state index in [0.717, 1.165) is 22.2 Å². The minimum atomic E-state index is -0.193. The first-order valence-corrected chi connectivity index (χ1v) is 9.39. The minimum Gasteiger partial charge on any atom is -0.495 e. The number of anilines is 1. The number of rotatable bonds is 5. The number of pyridine rings is 1.